The standard InChI is InChI=1S/C26H37FN4O3/c1-19-16-28-31(17-19)22-9-10-24(23(27)15-22)33-18-20-5-7-21(8-6-20)29-11-13-30(14-12-29)25(32)34-26(2,3)4/h9-10,15-17,20-21H,5-8,11-14,18H2,1-4H3. The third-order valence-electron chi connectivity index (χ3n) is 6.66. The van der Waals surface area contributed by atoms with Gasteiger partial charge in [0.2, 0.25) is 0 Å². The lowest BCUT2D eigenvalue weighted by Crippen LogP contribution is -2.53. The fourth-order valence-electron chi connectivity index (χ4n) is 4.78. The summed E-state index contributed by atoms with van der Waals surface area (Å²) in [6.45, 7) is 11.4. The number of benzene rings is 1. The normalized spacial score (nSPS) is 22.0. The lowest BCUT2D eigenvalue weighted by Gasteiger charge is -2.42. The Kier molecular flexibility index (Phi) is 7.45. The number of aryl methyl sites for hydroxylation is 1. The molecule has 1 saturated carbocycles. The molecule has 34 heavy (non-hydrogen) atoms. The van der Waals surface area contributed by atoms with Gasteiger partial charge in [-0.2, -0.15) is 5.10 Å². The topological polar surface area (TPSA) is 59.8 Å². The molecule has 1 aromatic carbocycles. The SMILES string of the molecule is Cc1cnn(-c2ccc(OCC3CCC(N4CCN(C(=O)OC(C)(C)C)CC4)CC3)c(F)c2)c1. The van der Waals surface area contributed by atoms with E-state index in [0.717, 1.165) is 44.3 Å². The molecule has 1 amide bonds. The summed E-state index contributed by atoms with van der Waals surface area (Å²) in [5.41, 5.74) is 1.25. The number of ether oxygens (including phenoxy) is 2. The first kappa shape index (κ1) is 24.5. The van der Waals surface area contributed by atoms with Crippen LogP contribution in [0.25, 0.3) is 5.69 Å². The predicted octanol–water partition coefficient (Wildman–Crippen LogP) is 4.81. The minimum atomic E-state index is -0.460. The lowest BCUT2D eigenvalue weighted by molar-refractivity contribution is 0.00652. The summed E-state index contributed by atoms with van der Waals surface area (Å²) in [7, 11) is 0. The Hall–Kier alpha value is -2.61. The van der Waals surface area contributed by atoms with E-state index in [0.29, 0.717) is 43.1 Å². The molecule has 7 nitrogen and oxygen atoms in total. The summed E-state index contributed by atoms with van der Waals surface area (Å²) in [5, 5.41) is 4.23. The fraction of sp³-hybridized carbons (Fsp3) is 0.615. The van der Waals surface area contributed by atoms with Crippen LogP contribution in [-0.2, 0) is 4.74 Å². The molecule has 0 bridgehead atoms. The summed E-state index contributed by atoms with van der Waals surface area (Å²) >= 11 is 0. The molecular weight excluding hydrogens is 435 g/mol. The number of carbonyl (C=O) groups is 1. The zero-order valence-corrected chi connectivity index (χ0v) is 20.8. The fourth-order valence-corrected chi connectivity index (χ4v) is 4.78. The van der Waals surface area contributed by atoms with Crippen LogP contribution in [0.5, 0.6) is 5.75 Å². The zero-order chi connectivity index (χ0) is 24.3. The Morgan fingerprint density at radius 1 is 1.12 bits per heavy atom. The van der Waals surface area contributed by atoms with Crippen molar-refractivity contribution in [2.75, 3.05) is 32.8 Å². The van der Waals surface area contributed by atoms with Crippen molar-refractivity contribution in [3.63, 3.8) is 0 Å². The van der Waals surface area contributed by atoms with Gasteiger partial charge in [0.1, 0.15) is 5.60 Å². The van der Waals surface area contributed by atoms with Crippen LogP contribution in [0.15, 0.2) is 30.6 Å². The first-order valence-electron chi connectivity index (χ1n) is 12.3. The highest BCUT2D eigenvalue weighted by Gasteiger charge is 2.31. The largest absolute Gasteiger partial charge is 0.490 e. The van der Waals surface area contributed by atoms with Gasteiger partial charge >= 0.3 is 6.09 Å². The van der Waals surface area contributed by atoms with Gasteiger partial charge in [-0.25, -0.2) is 13.9 Å². The van der Waals surface area contributed by atoms with Crippen LogP contribution in [-0.4, -0.2) is 70.1 Å². The van der Waals surface area contributed by atoms with Gasteiger partial charge in [0.25, 0.3) is 0 Å². The highest BCUT2D eigenvalue weighted by atomic mass is 19.1. The molecule has 186 valence electrons. The molecule has 2 heterocycles. The number of carbonyl (C=O) groups excluding carboxylic acids is 1. The second-order valence-electron chi connectivity index (χ2n) is 10.6. The van der Waals surface area contributed by atoms with E-state index in [4.69, 9.17) is 9.47 Å². The molecule has 0 N–H and O–H groups in total. The number of piperazine rings is 1. The van der Waals surface area contributed by atoms with Crippen molar-refractivity contribution >= 4 is 6.09 Å². The van der Waals surface area contributed by atoms with E-state index >= 15 is 0 Å². The molecule has 2 fully saturated rings. The summed E-state index contributed by atoms with van der Waals surface area (Å²) in [4.78, 5) is 16.6. The van der Waals surface area contributed by atoms with Crippen molar-refractivity contribution < 1.29 is 18.7 Å². The van der Waals surface area contributed by atoms with Gasteiger partial charge < -0.3 is 14.4 Å². The van der Waals surface area contributed by atoms with Gasteiger partial charge in [-0.15, -0.1) is 0 Å². The Morgan fingerprint density at radius 3 is 2.41 bits per heavy atom. The Morgan fingerprint density at radius 2 is 1.82 bits per heavy atom. The minimum absolute atomic E-state index is 0.215. The number of aromatic nitrogens is 2. The van der Waals surface area contributed by atoms with E-state index in [1.807, 2.05) is 44.9 Å². The third kappa shape index (κ3) is 6.29. The Labute approximate surface area is 201 Å². The molecule has 0 atom stereocenters. The number of hydrogen-bond acceptors (Lipinski definition) is 5. The third-order valence-corrected chi connectivity index (χ3v) is 6.66. The van der Waals surface area contributed by atoms with Gasteiger partial charge in [0.05, 0.1) is 18.5 Å². The minimum Gasteiger partial charge on any atom is -0.490 e. The number of amides is 1. The van der Waals surface area contributed by atoms with Crippen molar-refractivity contribution in [3.05, 3.63) is 42.0 Å². The van der Waals surface area contributed by atoms with Crippen LogP contribution in [0.1, 0.15) is 52.0 Å². The first-order chi connectivity index (χ1) is 16.2. The quantitative estimate of drug-likeness (QED) is 0.625. The van der Waals surface area contributed by atoms with Crippen molar-refractivity contribution in [3.8, 4) is 11.4 Å². The molecular formula is C26H37FN4O3. The predicted molar refractivity (Wildman–Crippen MR) is 129 cm³/mol. The Balaban J connectivity index is 1.20. The highest BCUT2D eigenvalue weighted by Crippen LogP contribution is 2.30. The Bertz CT molecular complexity index is 971. The van der Waals surface area contributed by atoms with Crippen molar-refractivity contribution in [2.45, 2.75) is 65.0 Å². The number of rotatable bonds is 5. The molecule has 4 rings (SSSR count). The number of nitrogens with zero attached hydrogens (tertiary/aromatic N) is 4. The summed E-state index contributed by atoms with van der Waals surface area (Å²) in [6.07, 6.45) is 7.77. The monoisotopic (exact) mass is 472 g/mol. The average Bonchev–Trinajstić information content (AvgIpc) is 3.24. The van der Waals surface area contributed by atoms with Crippen LogP contribution in [0.2, 0.25) is 0 Å². The zero-order valence-electron chi connectivity index (χ0n) is 20.8. The maximum absolute atomic E-state index is 14.6. The average molecular weight is 473 g/mol. The lowest BCUT2D eigenvalue weighted by atomic mass is 9.85. The van der Waals surface area contributed by atoms with Crippen LogP contribution in [0, 0.1) is 18.7 Å². The molecule has 0 spiro atoms. The van der Waals surface area contributed by atoms with Gasteiger partial charge in [-0.1, -0.05) is 0 Å². The molecule has 1 aliphatic carbocycles. The van der Waals surface area contributed by atoms with Crippen molar-refractivity contribution in [1.82, 2.24) is 19.6 Å². The van der Waals surface area contributed by atoms with E-state index in [9.17, 15) is 9.18 Å². The summed E-state index contributed by atoms with van der Waals surface area (Å²) < 4.78 is 27.6. The van der Waals surface area contributed by atoms with Crippen LogP contribution in [0.3, 0.4) is 0 Å². The van der Waals surface area contributed by atoms with Crippen LogP contribution >= 0.6 is 0 Å². The molecule has 0 unspecified atom stereocenters. The number of hydrogen-bond donors (Lipinski definition) is 0. The second kappa shape index (κ2) is 10.3. The molecule has 2 aliphatic rings. The van der Waals surface area contributed by atoms with Crippen molar-refractivity contribution in [1.29, 1.82) is 0 Å². The van der Waals surface area contributed by atoms with Gasteiger partial charge in [-0.3, -0.25) is 4.90 Å². The molecule has 1 saturated heterocycles. The molecule has 8 heteroatoms. The second-order valence-corrected chi connectivity index (χ2v) is 10.6. The van der Waals surface area contributed by atoms with E-state index in [-0.39, 0.29) is 11.9 Å². The van der Waals surface area contributed by atoms with Crippen LogP contribution in [0.4, 0.5) is 9.18 Å². The van der Waals surface area contributed by atoms with Crippen molar-refractivity contribution in [2.24, 2.45) is 5.92 Å². The van der Waals surface area contributed by atoms with Crippen LogP contribution < -0.4 is 4.74 Å². The van der Waals surface area contributed by atoms with Gasteiger partial charge in [0, 0.05) is 44.5 Å². The number of halogens is 1. The summed E-state index contributed by atoms with van der Waals surface area (Å²) in [5.74, 6) is 0.377. The van der Waals surface area contributed by atoms with E-state index in [1.165, 1.54) is 6.07 Å². The van der Waals surface area contributed by atoms with Gasteiger partial charge in [-0.05, 0) is 77.0 Å². The molecule has 0 radical (unpaired) electrons. The van der Waals surface area contributed by atoms with E-state index in [1.54, 1.807) is 16.9 Å². The van der Waals surface area contributed by atoms with E-state index < -0.39 is 5.60 Å². The first-order valence-corrected chi connectivity index (χ1v) is 12.3. The summed E-state index contributed by atoms with van der Waals surface area (Å²) in [6, 6.07) is 5.54. The smallest absolute Gasteiger partial charge is 0.410 e. The maximum atomic E-state index is 14.6. The van der Waals surface area contributed by atoms with Gasteiger partial charge in [0.15, 0.2) is 11.6 Å². The molecule has 1 aromatic heterocycles. The maximum Gasteiger partial charge on any atom is 0.410 e. The highest BCUT2D eigenvalue weighted by molar-refractivity contribution is 5.68. The van der Waals surface area contributed by atoms with E-state index in [2.05, 4.69) is 10.00 Å². The molecule has 2 aromatic rings. The molecule has 1 aliphatic heterocycles.